The van der Waals surface area contributed by atoms with Gasteiger partial charge in [-0.05, 0) is 67.7 Å². The second-order valence-electron chi connectivity index (χ2n) is 6.86. The van der Waals surface area contributed by atoms with Crippen molar-refractivity contribution in [3.8, 4) is 5.75 Å². The smallest absolute Gasteiger partial charge is 0.325 e. The molecule has 1 aliphatic rings. The molecule has 1 saturated heterocycles. The Labute approximate surface area is 196 Å². The van der Waals surface area contributed by atoms with Gasteiger partial charge in [0.25, 0.3) is 5.91 Å². The fraction of sp³-hybridized carbons (Fsp3) is 0.273. The Kier molecular flexibility index (Phi) is 7.66. The molecule has 0 aliphatic carbocycles. The minimum atomic E-state index is -0.958. The summed E-state index contributed by atoms with van der Waals surface area (Å²) in [6.07, 6.45) is -0.201. The summed E-state index contributed by atoms with van der Waals surface area (Å²) in [6.45, 7) is 2.16. The van der Waals surface area contributed by atoms with Crippen LogP contribution in [0.5, 0.6) is 5.75 Å². The van der Waals surface area contributed by atoms with E-state index in [1.165, 1.54) is 16.9 Å². The third-order valence-electron chi connectivity index (χ3n) is 4.76. The first-order chi connectivity index (χ1) is 15.3. The van der Waals surface area contributed by atoms with Gasteiger partial charge in [-0.25, -0.2) is 0 Å². The molecule has 1 aliphatic heterocycles. The van der Waals surface area contributed by atoms with Gasteiger partial charge in [-0.15, -0.1) is 0 Å². The Balaban J connectivity index is 1.78. The number of esters is 1. The fourth-order valence-electron chi connectivity index (χ4n) is 3.23. The molecule has 2 aromatic carbocycles. The number of thiocarbonyl (C=S) groups is 1. The summed E-state index contributed by atoms with van der Waals surface area (Å²) in [5.74, 6) is -0.703. The van der Waals surface area contributed by atoms with Crippen molar-refractivity contribution < 1.29 is 23.9 Å². The van der Waals surface area contributed by atoms with Gasteiger partial charge in [-0.3, -0.25) is 19.3 Å². The van der Waals surface area contributed by atoms with Crippen molar-refractivity contribution in [1.82, 2.24) is 4.90 Å². The lowest BCUT2D eigenvalue weighted by Crippen LogP contribution is -2.41. The van der Waals surface area contributed by atoms with E-state index < -0.39 is 23.8 Å². The zero-order valence-corrected chi connectivity index (χ0v) is 19.1. The highest BCUT2D eigenvalue weighted by atomic mass is 35.5. The Hall–Kier alpha value is -3.17. The van der Waals surface area contributed by atoms with Crippen LogP contribution in [0.1, 0.15) is 13.3 Å². The van der Waals surface area contributed by atoms with E-state index >= 15 is 0 Å². The molecule has 32 heavy (non-hydrogen) atoms. The van der Waals surface area contributed by atoms with Gasteiger partial charge in [-0.2, -0.15) is 0 Å². The summed E-state index contributed by atoms with van der Waals surface area (Å²) in [5, 5.41) is 3.37. The van der Waals surface area contributed by atoms with Crippen molar-refractivity contribution in [3.05, 3.63) is 53.6 Å². The van der Waals surface area contributed by atoms with E-state index in [-0.39, 0.29) is 18.1 Å². The molecule has 0 radical (unpaired) electrons. The molecule has 8 nitrogen and oxygen atoms in total. The molecular weight excluding hydrogens is 454 g/mol. The van der Waals surface area contributed by atoms with Gasteiger partial charge in [0.05, 0.1) is 25.8 Å². The van der Waals surface area contributed by atoms with Crippen molar-refractivity contribution >= 4 is 58.1 Å². The van der Waals surface area contributed by atoms with E-state index in [0.29, 0.717) is 28.8 Å². The predicted molar refractivity (Wildman–Crippen MR) is 125 cm³/mol. The number of amides is 2. The van der Waals surface area contributed by atoms with Gasteiger partial charge in [0, 0.05) is 10.7 Å². The monoisotopic (exact) mass is 475 g/mol. The van der Waals surface area contributed by atoms with Crippen molar-refractivity contribution in [3.63, 3.8) is 0 Å². The largest absolute Gasteiger partial charge is 0.494 e. The average molecular weight is 476 g/mol. The Morgan fingerprint density at radius 2 is 1.78 bits per heavy atom. The number of carbonyl (C=O) groups is 3. The van der Waals surface area contributed by atoms with Crippen molar-refractivity contribution in [2.45, 2.75) is 19.4 Å². The summed E-state index contributed by atoms with van der Waals surface area (Å²) in [4.78, 5) is 40.5. The molecule has 3 rings (SSSR count). The molecule has 1 fully saturated rings. The van der Waals surface area contributed by atoms with E-state index in [1.807, 2.05) is 6.92 Å². The standard InChI is InChI=1S/C22H22ClN3O5S/c1-3-31-17-10-6-15(7-11-17)24-19(27)12-18-21(29)26(16-8-4-14(23)5-9-16)22(32)25(18)13-20(28)30-2/h4-11,18H,3,12-13H2,1-2H3,(H,24,27). The van der Waals surface area contributed by atoms with Gasteiger partial charge < -0.3 is 19.7 Å². The minimum Gasteiger partial charge on any atom is -0.494 e. The van der Waals surface area contributed by atoms with Crippen LogP contribution in [0.15, 0.2) is 48.5 Å². The number of halogens is 1. The number of methoxy groups -OCH3 is 1. The number of anilines is 2. The first kappa shape index (κ1) is 23.5. The number of nitrogens with one attached hydrogen (secondary N) is 1. The maximum Gasteiger partial charge on any atom is 0.325 e. The second kappa shape index (κ2) is 10.4. The SMILES string of the molecule is CCOc1ccc(NC(=O)CC2C(=O)N(c3ccc(Cl)cc3)C(=S)N2CC(=O)OC)cc1. The van der Waals surface area contributed by atoms with Crippen LogP contribution in [-0.4, -0.2) is 54.1 Å². The number of ether oxygens (including phenoxy) is 2. The van der Waals surface area contributed by atoms with E-state index in [9.17, 15) is 14.4 Å². The molecule has 1 N–H and O–H groups in total. The molecule has 1 atom stereocenters. The highest BCUT2D eigenvalue weighted by Gasteiger charge is 2.45. The number of benzene rings is 2. The molecule has 0 spiro atoms. The molecule has 2 aromatic rings. The lowest BCUT2D eigenvalue weighted by atomic mass is 10.1. The highest BCUT2D eigenvalue weighted by molar-refractivity contribution is 7.80. The Morgan fingerprint density at radius 1 is 1.12 bits per heavy atom. The molecule has 1 heterocycles. The van der Waals surface area contributed by atoms with Gasteiger partial charge in [0.1, 0.15) is 18.3 Å². The molecule has 1 unspecified atom stereocenters. The van der Waals surface area contributed by atoms with E-state index in [2.05, 4.69) is 5.32 Å². The van der Waals surface area contributed by atoms with Gasteiger partial charge in [0.2, 0.25) is 5.91 Å². The number of carbonyl (C=O) groups excluding carboxylic acids is 3. The minimum absolute atomic E-state index is 0.113. The average Bonchev–Trinajstić information content (AvgIpc) is 3.00. The molecular formula is C22H22ClN3O5S. The molecule has 168 valence electrons. The van der Waals surface area contributed by atoms with Crippen LogP contribution >= 0.6 is 23.8 Å². The topological polar surface area (TPSA) is 88.2 Å². The van der Waals surface area contributed by atoms with Gasteiger partial charge >= 0.3 is 5.97 Å². The predicted octanol–water partition coefficient (Wildman–Crippen LogP) is 3.24. The van der Waals surface area contributed by atoms with Gasteiger partial charge in [-0.1, -0.05) is 11.6 Å². The van der Waals surface area contributed by atoms with Gasteiger partial charge in [0.15, 0.2) is 5.11 Å². The molecule has 10 heteroatoms. The van der Waals surface area contributed by atoms with Crippen LogP contribution in [0.25, 0.3) is 0 Å². The van der Waals surface area contributed by atoms with Crippen LogP contribution in [-0.2, 0) is 19.1 Å². The molecule has 0 aromatic heterocycles. The number of nitrogens with zero attached hydrogens (tertiary/aromatic N) is 2. The lowest BCUT2D eigenvalue weighted by Gasteiger charge is -2.22. The first-order valence-corrected chi connectivity index (χ1v) is 10.6. The normalized spacial score (nSPS) is 15.7. The zero-order valence-electron chi connectivity index (χ0n) is 17.5. The summed E-state index contributed by atoms with van der Waals surface area (Å²) in [6, 6.07) is 12.5. The number of rotatable bonds is 8. The zero-order chi connectivity index (χ0) is 23.3. The fourth-order valence-corrected chi connectivity index (χ4v) is 3.75. The molecule has 0 bridgehead atoms. The van der Waals surface area contributed by atoms with Crippen LogP contribution in [0.3, 0.4) is 0 Å². The summed E-state index contributed by atoms with van der Waals surface area (Å²) in [5.41, 5.74) is 1.05. The summed E-state index contributed by atoms with van der Waals surface area (Å²) >= 11 is 11.4. The maximum absolute atomic E-state index is 13.2. The highest BCUT2D eigenvalue weighted by Crippen LogP contribution is 2.28. The van der Waals surface area contributed by atoms with Crippen LogP contribution in [0.4, 0.5) is 11.4 Å². The number of hydrogen-bond acceptors (Lipinski definition) is 6. The molecule has 0 saturated carbocycles. The second-order valence-corrected chi connectivity index (χ2v) is 7.66. The van der Waals surface area contributed by atoms with Crippen LogP contribution < -0.4 is 15.0 Å². The van der Waals surface area contributed by atoms with E-state index in [4.69, 9.17) is 33.3 Å². The lowest BCUT2D eigenvalue weighted by molar-refractivity contribution is -0.141. The third kappa shape index (κ3) is 5.35. The first-order valence-electron chi connectivity index (χ1n) is 9.83. The van der Waals surface area contributed by atoms with Crippen LogP contribution in [0.2, 0.25) is 5.02 Å². The number of hydrogen-bond donors (Lipinski definition) is 1. The Morgan fingerprint density at radius 3 is 2.38 bits per heavy atom. The third-order valence-corrected chi connectivity index (χ3v) is 5.43. The van der Waals surface area contributed by atoms with Crippen molar-refractivity contribution in [1.29, 1.82) is 0 Å². The van der Waals surface area contributed by atoms with E-state index in [0.717, 1.165) is 0 Å². The summed E-state index contributed by atoms with van der Waals surface area (Å²) in [7, 11) is 1.24. The quantitative estimate of drug-likeness (QED) is 0.463. The van der Waals surface area contributed by atoms with Crippen molar-refractivity contribution in [2.24, 2.45) is 0 Å². The maximum atomic E-state index is 13.2. The Bertz CT molecular complexity index is 1010. The molecule has 2 amide bonds. The van der Waals surface area contributed by atoms with Crippen molar-refractivity contribution in [2.75, 3.05) is 30.5 Å². The van der Waals surface area contributed by atoms with E-state index in [1.54, 1.807) is 48.5 Å². The summed E-state index contributed by atoms with van der Waals surface area (Å²) < 4.78 is 10.1. The van der Waals surface area contributed by atoms with Crippen LogP contribution in [0, 0.1) is 0 Å².